The second kappa shape index (κ2) is 5.29. The summed E-state index contributed by atoms with van der Waals surface area (Å²) in [5.41, 5.74) is 10.0. The zero-order valence-electron chi connectivity index (χ0n) is 10.8. The summed E-state index contributed by atoms with van der Waals surface area (Å²) in [6.45, 7) is 0. The van der Waals surface area contributed by atoms with Gasteiger partial charge in [-0.2, -0.15) is 0 Å². The van der Waals surface area contributed by atoms with E-state index in [1.54, 1.807) is 0 Å². The van der Waals surface area contributed by atoms with Gasteiger partial charge in [0.25, 0.3) is 0 Å². The van der Waals surface area contributed by atoms with E-state index in [4.69, 9.17) is 5.73 Å². The highest BCUT2D eigenvalue weighted by Crippen LogP contribution is 2.16. The highest BCUT2D eigenvalue weighted by molar-refractivity contribution is 5.79. The molecule has 0 aliphatic carbocycles. The lowest BCUT2D eigenvalue weighted by molar-refractivity contribution is 0.665. The maximum absolute atomic E-state index is 6.25. The average molecular weight is 250 g/mol. The van der Waals surface area contributed by atoms with Crippen LogP contribution in [0.3, 0.4) is 0 Å². The highest BCUT2D eigenvalue weighted by Gasteiger charge is 2.06. The molecule has 19 heavy (non-hydrogen) atoms. The van der Waals surface area contributed by atoms with Crippen LogP contribution in [0.5, 0.6) is 0 Å². The van der Waals surface area contributed by atoms with Crippen molar-refractivity contribution in [3.05, 3.63) is 71.9 Å². The summed E-state index contributed by atoms with van der Waals surface area (Å²) >= 11 is 0. The molecule has 96 valence electrons. The second-order valence-electron chi connectivity index (χ2n) is 5.05. The van der Waals surface area contributed by atoms with Crippen molar-refractivity contribution in [3.8, 4) is 0 Å². The summed E-state index contributed by atoms with van der Waals surface area (Å²) in [7, 11) is 0. The van der Waals surface area contributed by atoms with Crippen LogP contribution in [0.25, 0.3) is 10.9 Å². The average Bonchev–Trinajstić information content (AvgIpc) is 2.87. The first kappa shape index (κ1) is 12.0. The van der Waals surface area contributed by atoms with Gasteiger partial charge in [0.15, 0.2) is 0 Å². The Balaban J connectivity index is 1.70. The first-order chi connectivity index (χ1) is 9.31. The van der Waals surface area contributed by atoms with Crippen LogP contribution in [0.15, 0.2) is 60.8 Å². The number of benzene rings is 2. The van der Waals surface area contributed by atoms with E-state index in [9.17, 15) is 0 Å². The number of nitrogens with two attached hydrogens (primary N) is 1. The predicted molar refractivity (Wildman–Crippen MR) is 80.1 cm³/mol. The second-order valence-corrected chi connectivity index (χ2v) is 5.05. The van der Waals surface area contributed by atoms with Crippen molar-refractivity contribution < 1.29 is 0 Å². The van der Waals surface area contributed by atoms with Crippen LogP contribution >= 0.6 is 0 Å². The molecule has 0 amide bonds. The number of hydrogen-bond acceptors (Lipinski definition) is 1. The van der Waals surface area contributed by atoms with E-state index in [1.165, 1.54) is 22.0 Å². The highest BCUT2D eigenvalue weighted by atomic mass is 14.7. The normalized spacial score (nSPS) is 12.7. The lowest BCUT2D eigenvalue weighted by atomic mass is 9.99. The number of fused-ring (bicyclic) bond motifs is 1. The van der Waals surface area contributed by atoms with E-state index in [2.05, 4.69) is 53.5 Å². The topological polar surface area (TPSA) is 41.8 Å². The van der Waals surface area contributed by atoms with Crippen molar-refractivity contribution in [3.63, 3.8) is 0 Å². The molecule has 0 spiro atoms. The van der Waals surface area contributed by atoms with Gasteiger partial charge >= 0.3 is 0 Å². The summed E-state index contributed by atoms with van der Waals surface area (Å²) in [6.07, 6.45) is 3.80. The number of H-pyrrole nitrogens is 1. The Hall–Kier alpha value is -2.06. The van der Waals surface area contributed by atoms with Crippen LogP contribution < -0.4 is 5.73 Å². The van der Waals surface area contributed by atoms with Gasteiger partial charge in [0.2, 0.25) is 0 Å². The Kier molecular flexibility index (Phi) is 3.34. The van der Waals surface area contributed by atoms with E-state index >= 15 is 0 Å². The minimum atomic E-state index is 0.162. The molecule has 3 aromatic rings. The van der Waals surface area contributed by atoms with Crippen LogP contribution in [0.1, 0.15) is 11.1 Å². The first-order valence-corrected chi connectivity index (χ1v) is 6.67. The molecule has 0 saturated heterocycles. The Bertz CT molecular complexity index is 655. The zero-order chi connectivity index (χ0) is 13.1. The lowest BCUT2D eigenvalue weighted by Gasteiger charge is -2.12. The summed E-state index contributed by atoms with van der Waals surface area (Å²) in [5, 5.41) is 1.25. The van der Waals surface area contributed by atoms with Gasteiger partial charge < -0.3 is 10.7 Å². The van der Waals surface area contributed by atoms with Gasteiger partial charge in [-0.05, 0) is 41.5 Å². The Morgan fingerprint density at radius 1 is 0.895 bits per heavy atom. The molecular weight excluding hydrogens is 232 g/mol. The van der Waals surface area contributed by atoms with E-state index in [1.807, 2.05) is 12.3 Å². The van der Waals surface area contributed by atoms with Crippen molar-refractivity contribution in [2.45, 2.75) is 18.9 Å². The smallest absolute Gasteiger partial charge is 0.0456 e. The van der Waals surface area contributed by atoms with Crippen LogP contribution in [-0.4, -0.2) is 11.0 Å². The number of hydrogen-bond donors (Lipinski definition) is 2. The van der Waals surface area contributed by atoms with Crippen LogP contribution in [0.4, 0.5) is 0 Å². The quantitative estimate of drug-likeness (QED) is 0.733. The molecule has 2 heteroatoms. The number of aromatic nitrogens is 1. The Labute approximate surface area is 113 Å². The van der Waals surface area contributed by atoms with Crippen molar-refractivity contribution in [2.75, 3.05) is 0 Å². The summed E-state index contributed by atoms with van der Waals surface area (Å²) in [4.78, 5) is 3.24. The fraction of sp³-hybridized carbons (Fsp3) is 0.176. The van der Waals surface area contributed by atoms with E-state index < -0.39 is 0 Å². The molecule has 0 fully saturated rings. The molecule has 1 unspecified atom stereocenters. The maximum Gasteiger partial charge on any atom is 0.0456 e. The number of nitrogens with one attached hydrogen (secondary N) is 1. The molecule has 1 heterocycles. The molecule has 0 saturated carbocycles. The van der Waals surface area contributed by atoms with Crippen molar-refractivity contribution in [1.82, 2.24) is 4.98 Å². The third kappa shape index (κ3) is 2.85. The SMILES string of the molecule is NC(Cc1ccccc1)Cc1ccc2cc[nH]c2c1. The summed E-state index contributed by atoms with van der Waals surface area (Å²) in [5.74, 6) is 0. The Morgan fingerprint density at radius 3 is 2.53 bits per heavy atom. The van der Waals surface area contributed by atoms with Crippen molar-refractivity contribution in [2.24, 2.45) is 5.73 Å². The predicted octanol–water partition coefficient (Wildman–Crippen LogP) is 3.28. The monoisotopic (exact) mass is 250 g/mol. The van der Waals surface area contributed by atoms with Crippen LogP contribution in [0.2, 0.25) is 0 Å². The van der Waals surface area contributed by atoms with Gasteiger partial charge in [-0.3, -0.25) is 0 Å². The molecule has 2 nitrogen and oxygen atoms in total. The third-order valence-corrected chi connectivity index (χ3v) is 3.46. The van der Waals surface area contributed by atoms with E-state index in [0.29, 0.717) is 0 Å². The fourth-order valence-electron chi connectivity index (χ4n) is 2.51. The van der Waals surface area contributed by atoms with Gasteiger partial charge in [0.05, 0.1) is 0 Å². The minimum Gasteiger partial charge on any atom is -0.361 e. The van der Waals surface area contributed by atoms with Gasteiger partial charge in [-0.1, -0.05) is 42.5 Å². The molecule has 0 radical (unpaired) electrons. The van der Waals surface area contributed by atoms with Gasteiger partial charge in [0.1, 0.15) is 0 Å². The molecular formula is C17H18N2. The van der Waals surface area contributed by atoms with Crippen LogP contribution in [0, 0.1) is 0 Å². The first-order valence-electron chi connectivity index (χ1n) is 6.67. The maximum atomic E-state index is 6.25. The molecule has 1 aromatic heterocycles. The fourth-order valence-corrected chi connectivity index (χ4v) is 2.51. The standard InChI is InChI=1S/C17H18N2/c18-16(10-13-4-2-1-3-5-13)11-14-6-7-15-8-9-19-17(15)12-14/h1-9,12,16,19H,10-11,18H2. The number of rotatable bonds is 4. The molecule has 0 bridgehead atoms. The third-order valence-electron chi connectivity index (χ3n) is 3.46. The summed E-state index contributed by atoms with van der Waals surface area (Å²) in [6, 6.07) is 19.2. The molecule has 2 aromatic carbocycles. The molecule has 3 rings (SSSR count). The zero-order valence-corrected chi connectivity index (χ0v) is 10.8. The molecule has 3 N–H and O–H groups in total. The van der Waals surface area contributed by atoms with E-state index in [0.717, 1.165) is 12.8 Å². The van der Waals surface area contributed by atoms with E-state index in [-0.39, 0.29) is 6.04 Å². The van der Waals surface area contributed by atoms with Crippen molar-refractivity contribution in [1.29, 1.82) is 0 Å². The molecule has 0 aliphatic heterocycles. The largest absolute Gasteiger partial charge is 0.361 e. The lowest BCUT2D eigenvalue weighted by Crippen LogP contribution is -2.25. The Morgan fingerprint density at radius 2 is 1.68 bits per heavy atom. The van der Waals surface area contributed by atoms with Gasteiger partial charge in [0, 0.05) is 17.8 Å². The number of aromatic amines is 1. The molecule has 1 atom stereocenters. The molecule has 0 aliphatic rings. The van der Waals surface area contributed by atoms with Gasteiger partial charge in [-0.15, -0.1) is 0 Å². The minimum absolute atomic E-state index is 0.162. The van der Waals surface area contributed by atoms with Gasteiger partial charge in [-0.25, -0.2) is 0 Å². The van der Waals surface area contributed by atoms with Crippen molar-refractivity contribution >= 4 is 10.9 Å². The summed E-state index contributed by atoms with van der Waals surface area (Å²) < 4.78 is 0. The van der Waals surface area contributed by atoms with Crippen LogP contribution in [-0.2, 0) is 12.8 Å².